The molecular weight excluding hydrogens is 298 g/mol. The van der Waals surface area contributed by atoms with E-state index in [0.717, 1.165) is 5.56 Å². The van der Waals surface area contributed by atoms with Crippen LogP contribution in [0.15, 0.2) is 18.2 Å². The first-order valence-corrected chi connectivity index (χ1v) is 6.65. The molecule has 0 saturated carbocycles. The number of rotatable bonds is 5. The number of ether oxygens (including phenoxy) is 1. The molecule has 1 aromatic carbocycles. The number of methoxy groups -OCH3 is 1. The van der Waals surface area contributed by atoms with Gasteiger partial charge in [-0.3, -0.25) is 4.79 Å². The van der Waals surface area contributed by atoms with Gasteiger partial charge < -0.3 is 15.2 Å². The molecule has 0 heterocycles. The van der Waals surface area contributed by atoms with Gasteiger partial charge in [0.2, 0.25) is 5.91 Å². The maximum Gasteiger partial charge on any atom is 0.234 e. The number of nitrogens with one attached hydrogen (secondary N) is 1. The van der Waals surface area contributed by atoms with E-state index in [2.05, 4.69) is 21.2 Å². The van der Waals surface area contributed by atoms with Crippen molar-refractivity contribution in [2.45, 2.75) is 25.2 Å². The topological polar surface area (TPSA) is 58.6 Å². The molecule has 0 aliphatic carbocycles. The number of phenolic OH excluding ortho intramolecular Hbond substituents is 1. The molecule has 0 radical (unpaired) electrons. The van der Waals surface area contributed by atoms with Crippen molar-refractivity contribution in [3.63, 3.8) is 0 Å². The Balaban J connectivity index is 2.59. The molecule has 0 saturated heterocycles. The van der Waals surface area contributed by atoms with E-state index in [0.29, 0.717) is 12.3 Å². The highest BCUT2D eigenvalue weighted by molar-refractivity contribution is 9.10. The van der Waals surface area contributed by atoms with Crippen LogP contribution in [0.5, 0.6) is 11.5 Å². The van der Waals surface area contributed by atoms with Gasteiger partial charge in [-0.05, 0) is 23.6 Å². The van der Waals surface area contributed by atoms with Gasteiger partial charge in [0.25, 0.3) is 0 Å². The van der Waals surface area contributed by atoms with Gasteiger partial charge in [0, 0.05) is 6.54 Å². The number of carbonyl (C=O) groups excluding carboxylic acids is 1. The monoisotopic (exact) mass is 315 g/mol. The lowest BCUT2D eigenvalue weighted by Gasteiger charge is -2.14. The molecule has 1 atom stereocenters. The molecule has 0 aliphatic heterocycles. The number of halogens is 1. The predicted octanol–water partition coefficient (Wildman–Crippen LogP) is 2.44. The summed E-state index contributed by atoms with van der Waals surface area (Å²) < 4.78 is 4.95. The zero-order chi connectivity index (χ0) is 13.7. The molecule has 4 nitrogen and oxygen atoms in total. The second-order valence-electron chi connectivity index (χ2n) is 4.37. The number of carbonyl (C=O) groups is 1. The van der Waals surface area contributed by atoms with Crippen LogP contribution in [0.2, 0.25) is 0 Å². The van der Waals surface area contributed by atoms with E-state index >= 15 is 0 Å². The maximum absolute atomic E-state index is 11.7. The van der Waals surface area contributed by atoms with E-state index < -0.39 is 0 Å². The minimum absolute atomic E-state index is 0.0553. The van der Waals surface area contributed by atoms with Crippen molar-refractivity contribution in [1.29, 1.82) is 0 Å². The van der Waals surface area contributed by atoms with E-state index in [1.807, 2.05) is 13.8 Å². The standard InChI is InChI=1S/C13H18BrNO3/c1-8(2)12(14)13(17)15-7-9-4-5-11(18-3)10(16)6-9/h4-6,8,12,16H,7H2,1-3H3,(H,15,17). The van der Waals surface area contributed by atoms with Crippen LogP contribution in [0.4, 0.5) is 0 Å². The third kappa shape index (κ3) is 3.91. The Morgan fingerprint density at radius 1 is 1.50 bits per heavy atom. The minimum atomic E-state index is -0.204. The van der Waals surface area contributed by atoms with Crippen molar-refractivity contribution >= 4 is 21.8 Å². The van der Waals surface area contributed by atoms with Crippen molar-refractivity contribution in [1.82, 2.24) is 5.32 Å². The van der Waals surface area contributed by atoms with Crippen LogP contribution in [0, 0.1) is 5.92 Å². The number of aromatic hydroxyl groups is 1. The maximum atomic E-state index is 11.7. The van der Waals surface area contributed by atoms with Gasteiger partial charge in [0.1, 0.15) is 0 Å². The van der Waals surface area contributed by atoms with Crippen molar-refractivity contribution in [2.75, 3.05) is 7.11 Å². The summed E-state index contributed by atoms with van der Waals surface area (Å²) >= 11 is 3.34. The Hall–Kier alpha value is -1.23. The van der Waals surface area contributed by atoms with Crippen molar-refractivity contribution in [3.05, 3.63) is 23.8 Å². The molecule has 0 aliphatic rings. The summed E-state index contributed by atoms with van der Waals surface area (Å²) in [6, 6.07) is 5.06. The molecule has 0 aromatic heterocycles. The number of hydrogen-bond acceptors (Lipinski definition) is 3. The molecule has 1 unspecified atom stereocenters. The van der Waals surface area contributed by atoms with Gasteiger partial charge in [-0.2, -0.15) is 0 Å². The lowest BCUT2D eigenvalue weighted by Crippen LogP contribution is -2.33. The van der Waals surface area contributed by atoms with E-state index in [4.69, 9.17) is 4.74 Å². The molecule has 5 heteroatoms. The largest absolute Gasteiger partial charge is 0.504 e. The molecule has 1 amide bonds. The Morgan fingerprint density at radius 2 is 2.17 bits per heavy atom. The molecule has 0 bridgehead atoms. The third-order valence-corrected chi connectivity index (χ3v) is 4.02. The fraction of sp³-hybridized carbons (Fsp3) is 0.462. The van der Waals surface area contributed by atoms with E-state index in [1.54, 1.807) is 18.2 Å². The second-order valence-corrected chi connectivity index (χ2v) is 5.36. The third-order valence-electron chi connectivity index (χ3n) is 2.55. The highest BCUT2D eigenvalue weighted by Gasteiger charge is 2.17. The van der Waals surface area contributed by atoms with Crippen LogP contribution in [-0.2, 0) is 11.3 Å². The normalized spacial score (nSPS) is 12.3. The van der Waals surface area contributed by atoms with Gasteiger partial charge in [-0.1, -0.05) is 35.8 Å². The smallest absolute Gasteiger partial charge is 0.234 e. The van der Waals surface area contributed by atoms with Crippen LogP contribution in [-0.4, -0.2) is 23.0 Å². The summed E-state index contributed by atoms with van der Waals surface area (Å²) in [5.74, 6) is 0.670. The Labute approximate surface area is 115 Å². The first-order chi connectivity index (χ1) is 8.45. The summed E-state index contributed by atoms with van der Waals surface area (Å²) in [6.07, 6.45) is 0. The van der Waals surface area contributed by atoms with Gasteiger partial charge in [-0.15, -0.1) is 0 Å². The molecule has 1 rings (SSSR count). The SMILES string of the molecule is COc1ccc(CNC(=O)C(Br)C(C)C)cc1O. The van der Waals surface area contributed by atoms with E-state index in [9.17, 15) is 9.90 Å². The van der Waals surface area contributed by atoms with Crippen LogP contribution in [0.3, 0.4) is 0 Å². The fourth-order valence-corrected chi connectivity index (χ4v) is 1.60. The van der Waals surface area contributed by atoms with Gasteiger partial charge in [-0.25, -0.2) is 0 Å². The Morgan fingerprint density at radius 3 is 2.67 bits per heavy atom. The average Bonchev–Trinajstić information content (AvgIpc) is 2.35. The molecule has 2 N–H and O–H groups in total. The quantitative estimate of drug-likeness (QED) is 0.820. The van der Waals surface area contributed by atoms with Crippen LogP contribution in [0.25, 0.3) is 0 Å². The minimum Gasteiger partial charge on any atom is -0.504 e. The van der Waals surface area contributed by atoms with Gasteiger partial charge >= 0.3 is 0 Å². The van der Waals surface area contributed by atoms with Crippen LogP contribution < -0.4 is 10.1 Å². The predicted molar refractivity (Wildman–Crippen MR) is 74.1 cm³/mol. The second kappa shape index (κ2) is 6.64. The summed E-state index contributed by atoms with van der Waals surface area (Å²) in [5, 5.41) is 12.4. The molecule has 0 fully saturated rings. The summed E-state index contributed by atoms with van der Waals surface area (Å²) in [7, 11) is 1.49. The highest BCUT2D eigenvalue weighted by Crippen LogP contribution is 2.26. The van der Waals surface area contributed by atoms with Crippen LogP contribution >= 0.6 is 15.9 Å². The number of benzene rings is 1. The molecule has 100 valence electrons. The Bertz CT molecular complexity index is 421. The average molecular weight is 316 g/mol. The summed E-state index contributed by atoms with van der Waals surface area (Å²) in [6.45, 7) is 4.32. The summed E-state index contributed by atoms with van der Waals surface area (Å²) in [4.78, 5) is 11.5. The van der Waals surface area contributed by atoms with Crippen molar-refractivity contribution in [3.8, 4) is 11.5 Å². The molecule has 0 spiro atoms. The molecule has 18 heavy (non-hydrogen) atoms. The lowest BCUT2D eigenvalue weighted by atomic mass is 10.1. The first kappa shape index (κ1) is 14.8. The van der Waals surface area contributed by atoms with Gasteiger partial charge in [0.05, 0.1) is 11.9 Å². The number of phenols is 1. The van der Waals surface area contributed by atoms with Crippen LogP contribution in [0.1, 0.15) is 19.4 Å². The number of alkyl halides is 1. The molecular formula is C13H18BrNO3. The first-order valence-electron chi connectivity index (χ1n) is 5.73. The number of hydrogen-bond donors (Lipinski definition) is 2. The fourth-order valence-electron chi connectivity index (χ4n) is 1.43. The van der Waals surface area contributed by atoms with E-state index in [1.165, 1.54) is 7.11 Å². The Kier molecular flexibility index (Phi) is 5.47. The highest BCUT2D eigenvalue weighted by atomic mass is 79.9. The van der Waals surface area contributed by atoms with E-state index in [-0.39, 0.29) is 22.4 Å². The number of amides is 1. The van der Waals surface area contributed by atoms with Gasteiger partial charge in [0.15, 0.2) is 11.5 Å². The van der Waals surface area contributed by atoms with Crippen molar-refractivity contribution in [2.24, 2.45) is 5.92 Å². The summed E-state index contributed by atoms with van der Waals surface area (Å²) in [5.41, 5.74) is 0.824. The van der Waals surface area contributed by atoms with Crippen molar-refractivity contribution < 1.29 is 14.6 Å². The zero-order valence-electron chi connectivity index (χ0n) is 10.7. The zero-order valence-corrected chi connectivity index (χ0v) is 12.3. The molecule has 1 aromatic rings. The lowest BCUT2D eigenvalue weighted by molar-refractivity contribution is -0.121.